The van der Waals surface area contributed by atoms with Crippen molar-refractivity contribution >= 4 is 41.7 Å². The first-order valence-electron chi connectivity index (χ1n) is 9.15. The molecule has 0 saturated carbocycles. The number of nitrogens with zero attached hydrogens (tertiary/aromatic N) is 3. The molecule has 0 aliphatic carbocycles. The predicted molar refractivity (Wildman–Crippen MR) is 128 cm³/mol. The van der Waals surface area contributed by atoms with Crippen LogP contribution in [0.2, 0.25) is 0 Å². The number of thioether (sulfide) groups is 1. The number of hydrogen-bond donors (Lipinski definition) is 2. The molecule has 0 aliphatic heterocycles. The van der Waals surface area contributed by atoms with Crippen molar-refractivity contribution in [3.05, 3.63) is 54.1 Å². The highest BCUT2D eigenvalue weighted by molar-refractivity contribution is 14.0. The van der Waals surface area contributed by atoms with Gasteiger partial charge in [-0.15, -0.1) is 24.0 Å². The molecule has 0 spiro atoms. The van der Waals surface area contributed by atoms with E-state index in [1.165, 1.54) is 5.56 Å². The summed E-state index contributed by atoms with van der Waals surface area (Å²) in [4.78, 5) is 9.19. The van der Waals surface area contributed by atoms with Crippen LogP contribution in [0.15, 0.2) is 47.7 Å². The number of imidazole rings is 1. The fourth-order valence-corrected chi connectivity index (χ4v) is 2.67. The van der Waals surface area contributed by atoms with Gasteiger partial charge >= 0.3 is 0 Å². The minimum Gasteiger partial charge on any atom is -0.357 e. The largest absolute Gasteiger partial charge is 0.357 e. The van der Waals surface area contributed by atoms with Crippen molar-refractivity contribution in [2.45, 2.75) is 45.0 Å². The molecule has 0 amide bonds. The summed E-state index contributed by atoms with van der Waals surface area (Å²) < 4.78 is 2.36. The molecule has 2 aromatic rings. The van der Waals surface area contributed by atoms with Crippen LogP contribution >= 0.6 is 35.7 Å². The summed E-state index contributed by atoms with van der Waals surface area (Å²) in [6.07, 6.45) is 7.02. The van der Waals surface area contributed by atoms with Crippen LogP contribution in [0.3, 0.4) is 0 Å². The molecule has 2 rings (SSSR count). The number of aromatic nitrogens is 2. The zero-order valence-corrected chi connectivity index (χ0v) is 19.9. The quantitative estimate of drug-likeness (QED) is 0.311. The zero-order chi connectivity index (χ0) is 18.8. The smallest absolute Gasteiger partial charge is 0.191 e. The van der Waals surface area contributed by atoms with E-state index < -0.39 is 0 Å². The molecule has 5 nitrogen and oxygen atoms in total. The number of hydrogen-bond acceptors (Lipinski definition) is 3. The molecule has 0 radical (unpaired) electrons. The lowest BCUT2D eigenvalue weighted by molar-refractivity contribution is 0.643. The van der Waals surface area contributed by atoms with Crippen LogP contribution in [0, 0.1) is 0 Å². The molecule has 0 bridgehead atoms. The van der Waals surface area contributed by atoms with Gasteiger partial charge in [0.25, 0.3) is 0 Å². The van der Waals surface area contributed by atoms with Crippen molar-refractivity contribution in [3.8, 4) is 0 Å². The van der Waals surface area contributed by atoms with Gasteiger partial charge in [0.1, 0.15) is 12.4 Å². The second kappa shape index (κ2) is 12.3. The highest BCUT2D eigenvalue weighted by Crippen LogP contribution is 2.19. The maximum atomic E-state index is 4.71. The van der Waals surface area contributed by atoms with Crippen LogP contribution in [0.25, 0.3) is 0 Å². The Labute approximate surface area is 184 Å². The maximum Gasteiger partial charge on any atom is 0.191 e. The molecular weight excluding hydrogens is 469 g/mol. The van der Waals surface area contributed by atoms with Crippen LogP contribution in [-0.2, 0) is 19.5 Å². The number of rotatable bonds is 9. The SMILES string of the molecule is CCNC(=NCc1nccn1CCc1ccccc1)NCC(C)(C)SC.I. The first-order chi connectivity index (χ1) is 12.5. The van der Waals surface area contributed by atoms with E-state index >= 15 is 0 Å². The number of nitrogens with one attached hydrogen (secondary N) is 2. The average molecular weight is 501 g/mol. The third kappa shape index (κ3) is 8.55. The van der Waals surface area contributed by atoms with E-state index in [0.717, 1.165) is 37.8 Å². The molecule has 27 heavy (non-hydrogen) atoms. The Kier molecular flexibility index (Phi) is 10.8. The van der Waals surface area contributed by atoms with Crippen LogP contribution < -0.4 is 10.6 Å². The van der Waals surface area contributed by atoms with E-state index in [-0.39, 0.29) is 28.7 Å². The van der Waals surface area contributed by atoms with E-state index in [0.29, 0.717) is 6.54 Å². The van der Waals surface area contributed by atoms with Gasteiger partial charge in [0, 0.05) is 36.8 Å². The molecule has 1 aromatic heterocycles. The van der Waals surface area contributed by atoms with E-state index in [9.17, 15) is 0 Å². The fraction of sp³-hybridized carbons (Fsp3) is 0.500. The van der Waals surface area contributed by atoms with Gasteiger partial charge < -0.3 is 15.2 Å². The molecule has 7 heteroatoms. The molecule has 0 saturated heterocycles. The van der Waals surface area contributed by atoms with E-state index in [4.69, 9.17) is 4.99 Å². The van der Waals surface area contributed by atoms with Crippen molar-refractivity contribution in [3.63, 3.8) is 0 Å². The summed E-state index contributed by atoms with van der Waals surface area (Å²) in [7, 11) is 0. The van der Waals surface area contributed by atoms with Crippen LogP contribution in [-0.4, -0.2) is 39.6 Å². The molecular formula is C20H32IN5S. The molecule has 1 heterocycles. The van der Waals surface area contributed by atoms with Crippen LogP contribution in [0.5, 0.6) is 0 Å². The second-order valence-corrected chi connectivity index (χ2v) is 8.30. The van der Waals surface area contributed by atoms with Gasteiger partial charge in [-0.2, -0.15) is 11.8 Å². The summed E-state index contributed by atoms with van der Waals surface area (Å²) in [5.41, 5.74) is 1.34. The van der Waals surface area contributed by atoms with Gasteiger partial charge in [0.2, 0.25) is 0 Å². The number of aryl methyl sites for hydroxylation is 2. The predicted octanol–water partition coefficient (Wildman–Crippen LogP) is 3.94. The molecule has 0 unspecified atom stereocenters. The van der Waals surface area contributed by atoms with Crippen molar-refractivity contribution in [2.24, 2.45) is 4.99 Å². The summed E-state index contributed by atoms with van der Waals surface area (Å²) in [5.74, 6) is 1.83. The summed E-state index contributed by atoms with van der Waals surface area (Å²) >= 11 is 1.85. The van der Waals surface area contributed by atoms with E-state index in [1.807, 2.05) is 24.2 Å². The van der Waals surface area contributed by atoms with Gasteiger partial charge in [0.05, 0.1) is 0 Å². The van der Waals surface area contributed by atoms with Crippen molar-refractivity contribution in [1.82, 2.24) is 20.2 Å². The highest BCUT2D eigenvalue weighted by Gasteiger charge is 2.16. The first-order valence-corrected chi connectivity index (χ1v) is 10.4. The Hall–Kier alpha value is -1.22. The first kappa shape index (κ1) is 23.8. The van der Waals surface area contributed by atoms with Crippen molar-refractivity contribution in [2.75, 3.05) is 19.3 Å². The van der Waals surface area contributed by atoms with Crippen molar-refractivity contribution < 1.29 is 0 Å². The number of halogens is 1. The lowest BCUT2D eigenvalue weighted by Gasteiger charge is -2.23. The topological polar surface area (TPSA) is 54.2 Å². The zero-order valence-electron chi connectivity index (χ0n) is 16.7. The van der Waals surface area contributed by atoms with Gasteiger partial charge in [-0.3, -0.25) is 0 Å². The molecule has 0 atom stereocenters. The lowest BCUT2D eigenvalue weighted by Crippen LogP contribution is -2.43. The standard InChI is InChI=1S/C20H31N5S.HI/c1-5-21-19(24-16-20(2,3)26-4)23-15-18-22-12-14-25(18)13-11-17-9-7-6-8-10-17;/h6-10,12,14H,5,11,13,15-16H2,1-4H3,(H2,21,23,24);1H. The maximum absolute atomic E-state index is 4.71. The number of aliphatic imine (C=N–C) groups is 1. The van der Waals surface area contributed by atoms with E-state index in [2.05, 4.69) is 77.5 Å². The fourth-order valence-electron chi connectivity index (χ4n) is 2.45. The Morgan fingerprint density at radius 2 is 1.96 bits per heavy atom. The summed E-state index contributed by atoms with van der Waals surface area (Å²) in [6.45, 7) is 9.72. The van der Waals surface area contributed by atoms with E-state index in [1.54, 1.807) is 0 Å². The Balaban J connectivity index is 0.00000364. The minimum atomic E-state index is 0. The molecule has 1 aromatic carbocycles. The number of guanidine groups is 1. The Morgan fingerprint density at radius 1 is 1.22 bits per heavy atom. The summed E-state index contributed by atoms with van der Waals surface area (Å²) in [5, 5.41) is 6.74. The van der Waals surface area contributed by atoms with Crippen LogP contribution in [0.4, 0.5) is 0 Å². The third-order valence-corrected chi connectivity index (χ3v) is 5.49. The summed E-state index contributed by atoms with van der Waals surface area (Å²) in [6, 6.07) is 10.5. The Bertz CT molecular complexity index is 685. The minimum absolute atomic E-state index is 0. The van der Waals surface area contributed by atoms with Gasteiger partial charge in [-0.1, -0.05) is 30.3 Å². The highest BCUT2D eigenvalue weighted by atomic mass is 127. The van der Waals surface area contributed by atoms with Crippen molar-refractivity contribution in [1.29, 1.82) is 0 Å². The molecule has 0 fully saturated rings. The van der Waals surface area contributed by atoms with Gasteiger partial charge in [0.15, 0.2) is 5.96 Å². The molecule has 150 valence electrons. The van der Waals surface area contributed by atoms with Gasteiger partial charge in [-0.25, -0.2) is 9.98 Å². The normalized spacial score (nSPS) is 11.8. The van der Waals surface area contributed by atoms with Crippen LogP contribution in [0.1, 0.15) is 32.2 Å². The molecule has 0 aliphatic rings. The Morgan fingerprint density at radius 3 is 2.63 bits per heavy atom. The van der Waals surface area contributed by atoms with Gasteiger partial charge in [-0.05, 0) is 39.0 Å². The second-order valence-electron chi connectivity index (χ2n) is 6.78. The third-order valence-electron chi connectivity index (χ3n) is 4.24. The lowest BCUT2D eigenvalue weighted by atomic mass is 10.1. The molecule has 2 N–H and O–H groups in total. The number of benzene rings is 1. The monoisotopic (exact) mass is 501 g/mol. The average Bonchev–Trinajstić information content (AvgIpc) is 3.10.